The van der Waals surface area contributed by atoms with E-state index in [4.69, 9.17) is 5.73 Å². The third-order valence-corrected chi connectivity index (χ3v) is 5.87. The second kappa shape index (κ2) is 5.11. The van der Waals surface area contributed by atoms with E-state index < -0.39 is 10.0 Å². The molecule has 0 aliphatic carbocycles. The van der Waals surface area contributed by atoms with Gasteiger partial charge in [0.05, 0.1) is 5.69 Å². The Morgan fingerprint density at radius 1 is 1.11 bits per heavy atom. The van der Waals surface area contributed by atoms with Gasteiger partial charge in [-0.2, -0.15) is 4.31 Å². The monoisotopic (exact) mass is 283 g/mol. The molecular weight excluding hydrogens is 262 g/mol. The lowest BCUT2D eigenvalue weighted by atomic mass is 10.1. The zero-order valence-corrected chi connectivity index (χ0v) is 12.5. The number of nitrogen functional groups attached to an aromatic ring is 1. The molecule has 0 aromatic heterocycles. The lowest BCUT2D eigenvalue weighted by Gasteiger charge is -2.32. The Morgan fingerprint density at radius 3 is 2.26 bits per heavy atom. The van der Waals surface area contributed by atoms with Crippen LogP contribution in [-0.4, -0.2) is 50.8 Å². The van der Waals surface area contributed by atoms with Gasteiger partial charge in [0.1, 0.15) is 4.90 Å². The molecule has 0 saturated carbocycles. The van der Waals surface area contributed by atoms with Crippen molar-refractivity contribution < 1.29 is 8.42 Å². The van der Waals surface area contributed by atoms with Crippen LogP contribution in [0.5, 0.6) is 0 Å². The van der Waals surface area contributed by atoms with Gasteiger partial charge in [0.15, 0.2) is 0 Å². The summed E-state index contributed by atoms with van der Waals surface area (Å²) in [6, 6.07) is 3.53. The fourth-order valence-corrected chi connectivity index (χ4v) is 4.13. The predicted molar refractivity (Wildman–Crippen MR) is 76.6 cm³/mol. The molecule has 5 nitrogen and oxygen atoms in total. The fourth-order valence-electron chi connectivity index (χ4n) is 2.31. The van der Waals surface area contributed by atoms with Crippen molar-refractivity contribution in [3.8, 4) is 0 Å². The van der Waals surface area contributed by atoms with E-state index in [9.17, 15) is 8.42 Å². The number of hydrogen-bond donors (Lipinski definition) is 1. The third kappa shape index (κ3) is 2.61. The molecule has 1 aromatic rings. The Morgan fingerprint density at radius 2 is 1.68 bits per heavy atom. The van der Waals surface area contributed by atoms with Crippen molar-refractivity contribution in [3.05, 3.63) is 23.3 Å². The molecule has 6 heteroatoms. The maximum absolute atomic E-state index is 12.7. The van der Waals surface area contributed by atoms with Crippen LogP contribution in [0, 0.1) is 13.8 Å². The van der Waals surface area contributed by atoms with Crippen molar-refractivity contribution in [2.75, 3.05) is 39.0 Å². The van der Waals surface area contributed by atoms with E-state index in [1.165, 1.54) is 4.31 Å². The van der Waals surface area contributed by atoms with Crippen LogP contribution in [-0.2, 0) is 10.0 Å². The van der Waals surface area contributed by atoms with E-state index in [2.05, 4.69) is 4.90 Å². The smallest absolute Gasteiger partial charge is 0.245 e. The van der Waals surface area contributed by atoms with Gasteiger partial charge in [-0.25, -0.2) is 8.42 Å². The second-order valence-electron chi connectivity index (χ2n) is 5.13. The second-order valence-corrected chi connectivity index (χ2v) is 7.01. The zero-order chi connectivity index (χ0) is 14.2. The van der Waals surface area contributed by atoms with Crippen LogP contribution in [0.4, 0.5) is 5.69 Å². The summed E-state index contributed by atoms with van der Waals surface area (Å²) >= 11 is 0. The van der Waals surface area contributed by atoms with Crippen molar-refractivity contribution in [2.45, 2.75) is 18.7 Å². The lowest BCUT2D eigenvalue weighted by molar-refractivity contribution is 0.222. The van der Waals surface area contributed by atoms with Gasteiger partial charge < -0.3 is 10.6 Å². The summed E-state index contributed by atoms with van der Waals surface area (Å²) in [5.74, 6) is 0. The molecule has 1 heterocycles. The topological polar surface area (TPSA) is 66.6 Å². The summed E-state index contributed by atoms with van der Waals surface area (Å²) < 4.78 is 27.0. The number of aryl methyl sites for hydroxylation is 1. The summed E-state index contributed by atoms with van der Waals surface area (Å²) in [5.41, 5.74) is 7.92. The summed E-state index contributed by atoms with van der Waals surface area (Å²) in [6.45, 7) is 6.26. The van der Waals surface area contributed by atoms with E-state index in [0.717, 1.165) is 24.2 Å². The number of nitrogens with zero attached hydrogens (tertiary/aromatic N) is 2. The zero-order valence-electron chi connectivity index (χ0n) is 11.7. The summed E-state index contributed by atoms with van der Waals surface area (Å²) in [4.78, 5) is 2.40. The number of nitrogens with two attached hydrogens (primary N) is 1. The Labute approximate surface area is 115 Å². The van der Waals surface area contributed by atoms with Gasteiger partial charge in [0.2, 0.25) is 10.0 Å². The first-order chi connectivity index (χ1) is 8.84. The molecule has 1 aromatic carbocycles. The van der Waals surface area contributed by atoms with Crippen molar-refractivity contribution in [3.63, 3.8) is 0 Å². The molecule has 1 aliphatic rings. The van der Waals surface area contributed by atoms with Crippen LogP contribution < -0.4 is 5.73 Å². The molecule has 0 atom stereocenters. The quantitative estimate of drug-likeness (QED) is 0.816. The Hall–Kier alpha value is -1.11. The average Bonchev–Trinajstić information content (AvgIpc) is 2.34. The van der Waals surface area contributed by atoms with Crippen LogP contribution in [0.2, 0.25) is 0 Å². The van der Waals surface area contributed by atoms with Gasteiger partial charge >= 0.3 is 0 Å². The first kappa shape index (κ1) is 14.3. The molecule has 19 heavy (non-hydrogen) atoms. The molecule has 1 saturated heterocycles. The minimum Gasteiger partial charge on any atom is -0.398 e. The van der Waals surface area contributed by atoms with Crippen LogP contribution in [0.3, 0.4) is 0 Å². The summed E-state index contributed by atoms with van der Waals surface area (Å²) in [5, 5.41) is 0. The van der Waals surface area contributed by atoms with Gasteiger partial charge in [-0.1, -0.05) is 6.07 Å². The highest BCUT2D eigenvalue weighted by Crippen LogP contribution is 2.28. The summed E-state index contributed by atoms with van der Waals surface area (Å²) in [6.07, 6.45) is 0. The lowest BCUT2D eigenvalue weighted by Crippen LogP contribution is -2.47. The highest BCUT2D eigenvalue weighted by atomic mass is 32.2. The highest BCUT2D eigenvalue weighted by molar-refractivity contribution is 7.89. The fraction of sp³-hybridized carbons (Fsp3) is 0.538. The number of anilines is 1. The van der Waals surface area contributed by atoms with Crippen LogP contribution in [0.15, 0.2) is 17.0 Å². The van der Waals surface area contributed by atoms with E-state index in [0.29, 0.717) is 18.8 Å². The number of piperazine rings is 1. The van der Waals surface area contributed by atoms with Crippen LogP contribution in [0.1, 0.15) is 11.1 Å². The van der Waals surface area contributed by atoms with Crippen molar-refractivity contribution in [2.24, 2.45) is 0 Å². The van der Waals surface area contributed by atoms with Gasteiger partial charge in [-0.15, -0.1) is 0 Å². The van der Waals surface area contributed by atoms with E-state index >= 15 is 0 Å². The van der Waals surface area contributed by atoms with Crippen molar-refractivity contribution in [1.29, 1.82) is 0 Å². The molecule has 0 amide bonds. The van der Waals surface area contributed by atoms with E-state index in [-0.39, 0.29) is 4.90 Å². The maximum Gasteiger partial charge on any atom is 0.245 e. The van der Waals surface area contributed by atoms with Crippen LogP contribution in [0.25, 0.3) is 0 Å². The largest absolute Gasteiger partial charge is 0.398 e. The molecule has 1 fully saturated rings. The highest BCUT2D eigenvalue weighted by Gasteiger charge is 2.30. The molecule has 1 aliphatic heterocycles. The SMILES string of the molecule is Cc1ccc(N)c(S(=O)(=O)N2CCN(C)CC2)c1C. The Balaban J connectivity index is 2.43. The molecule has 2 rings (SSSR count). The molecule has 106 valence electrons. The average molecular weight is 283 g/mol. The Bertz CT molecular complexity index is 576. The van der Waals surface area contributed by atoms with E-state index in [1.54, 1.807) is 6.07 Å². The first-order valence-corrected chi connectivity index (χ1v) is 7.82. The maximum atomic E-state index is 12.7. The number of sulfonamides is 1. The van der Waals surface area contributed by atoms with Crippen LogP contribution >= 0.6 is 0 Å². The minimum atomic E-state index is -3.49. The minimum absolute atomic E-state index is 0.275. The molecule has 2 N–H and O–H groups in total. The van der Waals surface area contributed by atoms with Gasteiger partial charge in [-0.05, 0) is 38.1 Å². The molecular formula is C13H21N3O2S. The molecule has 0 bridgehead atoms. The summed E-state index contributed by atoms with van der Waals surface area (Å²) in [7, 11) is -1.49. The first-order valence-electron chi connectivity index (χ1n) is 6.38. The number of rotatable bonds is 2. The van der Waals surface area contributed by atoms with Crippen molar-refractivity contribution >= 4 is 15.7 Å². The molecule has 0 unspecified atom stereocenters. The van der Waals surface area contributed by atoms with Gasteiger partial charge in [-0.3, -0.25) is 0 Å². The normalized spacial score (nSPS) is 18.7. The van der Waals surface area contributed by atoms with Crippen molar-refractivity contribution in [1.82, 2.24) is 9.21 Å². The molecule has 0 spiro atoms. The predicted octanol–water partition coefficient (Wildman–Crippen LogP) is 0.822. The number of likely N-dealkylation sites (N-methyl/N-ethyl adjacent to an activating group) is 1. The third-order valence-electron chi connectivity index (χ3n) is 3.77. The number of hydrogen-bond acceptors (Lipinski definition) is 4. The van der Waals surface area contributed by atoms with E-state index in [1.807, 2.05) is 27.0 Å². The Kier molecular flexibility index (Phi) is 3.85. The molecule has 0 radical (unpaired) electrons. The standard InChI is InChI=1S/C13H21N3O2S/c1-10-4-5-12(14)13(11(10)2)19(17,18)16-8-6-15(3)7-9-16/h4-5H,6-9,14H2,1-3H3. The van der Waals surface area contributed by atoms with Gasteiger partial charge in [0.25, 0.3) is 0 Å². The number of benzene rings is 1. The van der Waals surface area contributed by atoms with Gasteiger partial charge in [0, 0.05) is 26.2 Å².